The molecular weight excluding hydrogens is 381 g/mol. The zero-order valence-electron chi connectivity index (χ0n) is 14.8. The van der Waals surface area contributed by atoms with E-state index in [9.17, 15) is 22.8 Å². The Hall–Kier alpha value is -3.11. The lowest BCUT2D eigenvalue weighted by molar-refractivity contribution is -0.143. The molecule has 0 bridgehead atoms. The molecule has 1 aliphatic rings. The molecule has 28 heavy (non-hydrogen) atoms. The number of urea groups is 1. The topological polar surface area (TPSA) is 109 Å². The van der Waals surface area contributed by atoms with E-state index in [0.29, 0.717) is 5.82 Å². The Morgan fingerprint density at radius 2 is 1.96 bits per heavy atom. The number of hydrogen-bond donors (Lipinski definition) is 2. The maximum Gasteiger partial charge on any atom is 0.416 e. The van der Waals surface area contributed by atoms with Gasteiger partial charge in [-0.3, -0.25) is 4.79 Å². The van der Waals surface area contributed by atoms with Gasteiger partial charge in [-0.15, -0.1) is 0 Å². The van der Waals surface area contributed by atoms with Crippen LogP contribution in [0.2, 0.25) is 0 Å². The average Bonchev–Trinajstić information content (AvgIpc) is 3.07. The number of alkyl halides is 3. The first-order valence-electron chi connectivity index (χ1n) is 8.46. The Labute approximate surface area is 157 Å². The molecule has 150 valence electrons. The second kappa shape index (κ2) is 7.49. The molecule has 0 saturated carbocycles. The Morgan fingerprint density at radius 3 is 2.50 bits per heavy atom. The monoisotopic (exact) mass is 398 g/mol. The molecule has 11 heteroatoms. The summed E-state index contributed by atoms with van der Waals surface area (Å²) in [5.74, 6) is -1.18. The van der Waals surface area contributed by atoms with E-state index in [1.54, 1.807) is 6.92 Å². The van der Waals surface area contributed by atoms with Crippen LogP contribution < -0.4 is 5.32 Å². The fourth-order valence-corrected chi connectivity index (χ4v) is 2.94. The van der Waals surface area contributed by atoms with Gasteiger partial charge in [-0.2, -0.15) is 18.2 Å². The number of aryl methyl sites for hydroxylation is 1. The fraction of sp³-hybridized carbons (Fsp3) is 0.412. The van der Waals surface area contributed by atoms with Crippen molar-refractivity contribution in [3.05, 3.63) is 29.6 Å². The van der Waals surface area contributed by atoms with Crippen molar-refractivity contribution in [3.8, 4) is 11.5 Å². The second-order valence-corrected chi connectivity index (χ2v) is 6.43. The molecule has 0 spiro atoms. The van der Waals surface area contributed by atoms with E-state index in [1.165, 1.54) is 4.90 Å². The highest BCUT2D eigenvalue weighted by molar-refractivity contribution is 5.94. The third kappa shape index (κ3) is 4.24. The first-order valence-corrected chi connectivity index (χ1v) is 8.46. The summed E-state index contributed by atoms with van der Waals surface area (Å²) in [5.41, 5.74) is -0.904. The molecule has 1 fully saturated rings. The van der Waals surface area contributed by atoms with Crippen molar-refractivity contribution in [2.75, 3.05) is 18.4 Å². The van der Waals surface area contributed by atoms with Gasteiger partial charge in [0.1, 0.15) is 0 Å². The first kappa shape index (κ1) is 19.6. The molecule has 2 heterocycles. The highest BCUT2D eigenvalue weighted by atomic mass is 19.4. The number of halogens is 3. The third-order valence-electron chi connectivity index (χ3n) is 4.48. The second-order valence-electron chi connectivity index (χ2n) is 6.43. The number of benzene rings is 1. The van der Waals surface area contributed by atoms with Crippen molar-refractivity contribution in [1.82, 2.24) is 15.0 Å². The number of anilines is 1. The zero-order valence-corrected chi connectivity index (χ0v) is 14.8. The van der Waals surface area contributed by atoms with Gasteiger partial charge in [0.25, 0.3) is 5.89 Å². The molecule has 0 aliphatic carbocycles. The first-order chi connectivity index (χ1) is 13.1. The van der Waals surface area contributed by atoms with E-state index in [4.69, 9.17) is 9.63 Å². The van der Waals surface area contributed by atoms with Gasteiger partial charge in [-0.05, 0) is 38.0 Å². The molecule has 1 aromatic carbocycles. The van der Waals surface area contributed by atoms with Crippen LogP contribution >= 0.6 is 0 Å². The molecule has 1 aromatic heterocycles. The van der Waals surface area contributed by atoms with E-state index < -0.39 is 29.7 Å². The van der Waals surface area contributed by atoms with Crippen LogP contribution in [0.1, 0.15) is 24.2 Å². The minimum atomic E-state index is -4.59. The molecule has 2 amide bonds. The van der Waals surface area contributed by atoms with E-state index in [0.717, 1.165) is 18.2 Å². The van der Waals surface area contributed by atoms with Crippen LogP contribution in [0.25, 0.3) is 11.5 Å². The van der Waals surface area contributed by atoms with Crippen LogP contribution in [0.3, 0.4) is 0 Å². The van der Waals surface area contributed by atoms with Gasteiger partial charge in [-0.1, -0.05) is 5.16 Å². The SMILES string of the molecule is Cc1noc(-c2ccc(C(F)(F)F)cc2NC(=O)N2CCC(C(=O)O)CC2)n1. The number of carboxylic acids is 1. The highest BCUT2D eigenvalue weighted by Gasteiger charge is 2.32. The van der Waals surface area contributed by atoms with Crippen LogP contribution in [0, 0.1) is 12.8 Å². The Morgan fingerprint density at radius 1 is 1.29 bits per heavy atom. The molecule has 1 saturated heterocycles. The fourth-order valence-electron chi connectivity index (χ4n) is 2.94. The lowest BCUT2D eigenvalue weighted by Crippen LogP contribution is -2.42. The molecular formula is C17H17F3N4O4. The number of hydrogen-bond acceptors (Lipinski definition) is 5. The van der Waals surface area contributed by atoms with Gasteiger partial charge in [0, 0.05) is 13.1 Å². The summed E-state index contributed by atoms with van der Waals surface area (Å²) >= 11 is 0. The Kier molecular flexibility index (Phi) is 5.25. The molecule has 0 unspecified atom stereocenters. The number of nitrogens with one attached hydrogen (secondary N) is 1. The van der Waals surface area contributed by atoms with Crippen molar-refractivity contribution in [1.29, 1.82) is 0 Å². The van der Waals surface area contributed by atoms with Crippen molar-refractivity contribution < 1.29 is 32.4 Å². The van der Waals surface area contributed by atoms with Crippen LogP contribution in [0.5, 0.6) is 0 Å². The molecule has 0 radical (unpaired) electrons. The summed E-state index contributed by atoms with van der Waals surface area (Å²) in [6, 6.07) is 2.20. The van der Waals surface area contributed by atoms with Crippen molar-refractivity contribution in [2.24, 2.45) is 5.92 Å². The predicted molar refractivity (Wildman–Crippen MR) is 90.4 cm³/mol. The van der Waals surface area contributed by atoms with Gasteiger partial charge in [0.2, 0.25) is 0 Å². The van der Waals surface area contributed by atoms with Gasteiger partial charge < -0.3 is 19.8 Å². The van der Waals surface area contributed by atoms with E-state index in [2.05, 4.69) is 15.5 Å². The van der Waals surface area contributed by atoms with Crippen molar-refractivity contribution in [3.63, 3.8) is 0 Å². The summed E-state index contributed by atoms with van der Waals surface area (Å²) in [6.45, 7) is 1.94. The number of carbonyl (C=O) groups excluding carboxylic acids is 1. The normalized spacial score (nSPS) is 15.5. The van der Waals surface area contributed by atoms with Crippen LogP contribution in [-0.4, -0.2) is 45.2 Å². The summed E-state index contributed by atoms with van der Waals surface area (Å²) in [4.78, 5) is 28.9. The smallest absolute Gasteiger partial charge is 0.416 e. The van der Waals surface area contributed by atoms with Gasteiger partial charge in [-0.25, -0.2) is 4.79 Å². The van der Waals surface area contributed by atoms with Crippen LogP contribution in [0.4, 0.5) is 23.7 Å². The van der Waals surface area contributed by atoms with E-state index >= 15 is 0 Å². The summed E-state index contributed by atoms with van der Waals surface area (Å²) in [5, 5.41) is 15.1. The minimum absolute atomic E-state index is 0.0221. The number of aliphatic carboxylic acids is 1. The zero-order chi connectivity index (χ0) is 20.5. The number of carboxylic acid groups (broad SMARTS) is 1. The quantitative estimate of drug-likeness (QED) is 0.820. The van der Waals surface area contributed by atoms with E-state index in [1.807, 2.05) is 0 Å². The lowest BCUT2D eigenvalue weighted by atomic mass is 9.97. The number of rotatable bonds is 3. The van der Waals surface area contributed by atoms with Crippen molar-refractivity contribution >= 4 is 17.7 Å². The number of carbonyl (C=O) groups is 2. The van der Waals surface area contributed by atoms with Crippen LogP contribution in [-0.2, 0) is 11.0 Å². The summed E-state index contributed by atoms with van der Waals surface area (Å²) in [7, 11) is 0. The van der Waals surface area contributed by atoms with Crippen molar-refractivity contribution in [2.45, 2.75) is 25.9 Å². The van der Waals surface area contributed by atoms with Gasteiger partial charge in [0.15, 0.2) is 5.82 Å². The highest BCUT2D eigenvalue weighted by Crippen LogP contribution is 2.35. The Balaban J connectivity index is 1.84. The van der Waals surface area contributed by atoms with E-state index in [-0.39, 0.29) is 43.1 Å². The Bertz CT molecular complexity index is 889. The molecule has 0 atom stereocenters. The maximum absolute atomic E-state index is 13.1. The molecule has 1 aliphatic heterocycles. The lowest BCUT2D eigenvalue weighted by Gasteiger charge is -2.30. The molecule has 2 N–H and O–H groups in total. The maximum atomic E-state index is 13.1. The third-order valence-corrected chi connectivity index (χ3v) is 4.48. The van der Waals surface area contributed by atoms with Gasteiger partial charge in [0.05, 0.1) is 22.7 Å². The molecule has 8 nitrogen and oxygen atoms in total. The minimum Gasteiger partial charge on any atom is -0.481 e. The van der Waals surface area contributed by atoms with Crippen LogP contribution in [0.15, 0.2) is 22.7 Å². The molecule has 3 rings (SSSR count). The standard InChI is InChI=1S/C17H17F3N4O4/c1-9-21-14(28-23-9)12-3-2-11(17(18,19)20)8-13(12)22-16(27)24-6-4-10(5-7-24)15(25)26/h2-3,8,10H,4-7H2,1H3,(H,22,27)(H,25,26). The number of aromatic nitrogens is 2. The number of amides is 2. The number of likely N-dealkylation sites (tertiary alicyclic amines) is 1. The summed E-state index contributed by atoms with van der Waals surface area (Å²) < 4.78 is 44.3. The number of piperidine rings is 1. The molecule has 2 aromatic rings. The largest absolute Gasteiger partial charge is 0.481 e. The van der Waals surface area contributed by atoms with Gasteiger partial charge >= 0.3 is 18.2 Å². The predicted octanol–water partition coefficient (Wildman–Crippen LogP) is 3.39. The average molecular weight is 398 g/mol. The number of nitrogens with zero attached hydrogens (tertiary/aromatic N) is 3. The summed E-state index contributed by atoms with van der Waals surface area (Å²) in [6.07, 6.45) is -4.04.